The fourth-order valence-corrected chi connectivity index (χ4v) is 8.38. The largest absolute Gasteiger partial charge is 0.258 e. The topological polar surface area (TPSA) is 19.7 Å². The van der Waals surface area contributed by atoms with E-state index in [-0.39, 0.29) is 5.41 Å². The number of imidazole rings is 1. The maximum atomic E-state index is 3.82. The van der Waals surface area contributed by atoms with Gasteiger partial charge in [-0.05, 0) is 36.8 Å². The molecular weight excluding hydrogens is 605 g/mol. The van der Waals surface area contributed by atoms with E-state index in [1.54, 1.807) is 0 Å². The van der Waals surface area contributed by atoms with Crippen LogP contribution in [0.2, 0.25) is 0 Å². The first kappa shape index (κ1) is 42.1. The molecule has 3 aromatic rings. The molecule has 280 valence electrons. The first-order valence-corrected chi connectivity index (χ1v) is 21.8. The van der Waals surface area contributed by atoms with Gasteiger partial charge in [0, 0.05) is 5.41 Å². The van der Waals surface area contributed by atoms with Gasteiger partial charge in [0.05, 0.1) is 12.5 Å². The van der Waals surface area contributed by atoms with Gasteiger partial charge in [-0.15, -0.1) is 0 Å². The Morgan fingerprint density at radius 1 is 0.520 bits per heavy atom. The van der Waals surface area contributed by atoms with Crippen LogP contribution < -0.4 is 4.57 Å². The molecule has 3 rings (SSSR count). The predicted octanol–water partition coefficient (Wildman–Crippen LogP) is 14.8. The first-order valence-electron chi connectivity index (χ1n) is 21.8. The molecule has 50 heavy (non-hydrogen) atoms. The Bertz CT molecular complexity index is 1170. The Morgan fingerprint density at radius 3 is 1.42 bits per heavy atom. The van der Waals surface area contributed by atoms with E-state index < -0.39 is 0 Å². The van der Waals surface area contributed by atoms with Gasteiger partial charge in [-0.3, -0.25) is 0 Å². The van der Waals surface area contributed by atoms with Gasteiger partial charge in [-0.2, -0.15) is 0 Å². The van der Waals surface area contributed by atoms with Crippen molar-refractivity contribution in [3.8, 4) is 0 Å². The van der Waals surface area contributed by atoms with Crippen LogP contribution in [0, 0.1) is 0 Å². The van der Waals surface area contributed by atoms with Crippen LogP contribution in [-0.2, 0) is 18.4 Å². The molecular formula is C48H79N2+. The van der Waals surface area contributed by atoms with Gasteiger partial charge < -0.3 is 0 Å². The summed E-state index contributed by atoms with van der Waals surface area (Å²) in [6.45, 7) is 8.30. The van der Waals surface area contributed by atoms with Gasteiger partial charge in [0.1, 0.15) is 12.4 Å². The zero-order valence-corrected chi connectivity index (χ0v) is 33.3. The van der Waals surface area contributed by atoms with Gasteiger partial charge in [0.2, 0.25) is 0 Å². The molecule has 0 amide bonds. The highest BCUT2D eigenvalue weighted by atomic mass is 15.1. The Morgan fingerprint density at radius 2 is 0.940 bits per heavy atom. The predicted molar refractivity (Wildman–Crippen MR) is 219 cm³/mol. The lowest BCUT2D eigenvalue weighted by Crippen LogP contribution is -2.43. The summed E-state index contributed by atoms with van der Waals surface area (Å²) in [5.41, 5.74) is 2.91. The van der Waals surface area contributed by atoms with Crippen LogP contribution in [0.3, 0.4) is 0 Å². The van der Waals surface area contributed by atoms with Crippen LogP contribution in [0.1, 0.15) is 211 Å². The van der Waals surface area contributed by atoms with Crippen molar-refractivity contribution >= 4 is 0 Å². The second-order valence-corrected chi connectivity index (χ2v) is 16.0. The van der Waals surface area contributed by atoms with E-state index >= 15 is 0 Å². The molecule has 1 N–H and O–H groups in total. The molecule has 0 saturated heterocycles. The number of aromatic nitrogens is 2. The van der Waals surface area contributed by atoms with Crippen LogP contribution in [0.5, 0.6) is 0 Å². The lowest BCUT2D eigenvalue weighted by molar-refractivity contribution is -0.705. The third kappa shape index (κ3) is 16.8. The van der Waals surface area contributed by atoms with Crippen molar-refractivity contribution in [2.75, 3.05) is 0 Å². The summed E-state index contributed by atoms with van der Waals surface area (Å²) < 4.78 is 2.59. The molecule has 0 saturated carbocycles. The average molecular weight is 684 g/mol. The van der Waals surface area contributed by atoms with Crippen molar-refractivity contribution in [3.05, 3.63) is 90.0 Å². The lowest BCUT2D eigenvalue weighted by Gasteiger charge is -2.37. The molecule has 1 heterocycles. The zero-order chi connectivity index (χ0) is 35.4. The number of aryl methyl sites for hydroxylation is 1. The Hall–Kier alpha value is -2.35. The molecule has 2 nitrogen and oxygen atoms in total. The molecule has 0 fully saturated rings. The summed E-state index contributed by atoms with van der Waals surface area (Å²) in [4.78, 5) is 3.82. The maximum Gasteiger partial charge on any atom is 0.258 e. The van der Waals surface area contributed by atoms with Crippen molar-refractivity contribution < 1.29 is 4.57 Å². The highest BCUT2D eigenvalue weighted by molar-refractivity contribution is 5.32. The van der Waals surface area contributed by atoms with Gasteiger partial charge in [0.15, 0.2) is 0 Å². The number of hydrogen-bond donors (Lipinski definition) is 1. The molecule has 0 aliphatic carbocycles. The highest BCUT2D eigenvalue weighted by Gasteiger charge is 2.41. The normalized spacial score (nSPS) is 13.4. The number of aromatic amines is 1. The minimum Gasteiger partial charge on any atom is -0.247 e. The fraction of sp³-hybridized carbons (Fsp3) is 0.688. The second-order valence-electron chi connectivity index (χ2n) is 16.0. The summed E-state index contributed by atoms with van der Waals surface area (Å²) in [7, 11) is 0. The lowest BCUT2D eigenvalue weighted by atomic mass is 9.66. The number of nitrogens with zero attached hydrogens (tertiary/aromatic N) is 1. The molecule has 0 radical (unpaired) electrons. The minimum absolute atomic E-state index is 0.00297. The van der Waals surface area contributed by atoms with E-state index in [1.165, 1.54) is 184 Å². The number of nitrogens with one attached hydrogen (secondary N) is 1. The second kappa shape index (κ2) is 27.3. The van der Waals surface area contributed by atoms with Crippen molar-refractivity contribution in [2.45, 2.75) is 212 Å². The van der Waals surface area contributed by atoms with Crippen LogP contribution in [0.25, 0.3) is 0 Å². The maximum absolute atomic E-state index is 3.82. The third-order valence-electron chi connectivity index (χ3n) is 11.6. The monoisotopic (exact) mass is 684 g/mol. The van der Waals surface area contributed by atoms with Crippen molar-refractivity contribution in [1.29, 1.82) is 0 Å². The van der Waals surface area contributed by atoms with Crippen molar-refractivity contribution in [1.82, 2.24) is 4.98 Å². The highest BCUT2D eigenvalue weighted by Crippen LogP contribution is 2.43. The van der Waals surface area contributed by atoms with Crippen LogP contribution in [-0.4, -0.2) is 4.98 Å². The van der Waals surface area contributed by atoms with Gasteiger partial charge in [-0.25, -0.2) is 9.55 Å². The molecule has 2 aromatic carbocycles. The molecule has 2 unspecified atom stereocenters. The molecule has 2 atom stereocenters. The number of rotatable bonds is 32. The summed E-state index contributed by atoms with van der Waals surface area (Å²) in [5.74, 6) is 1.87. The van der Waals surface area contributed by atoms with E-state index in [0.29, 0.717) is 5.92 Å². The molecule has 0 aliphatic rings. The number of benzene rings is 2. The number of unbranched alkanes of at least 4 members (excludes halogenated alkanes) is 23. The summed E-state index contributed by atoms with van der Waals surface area (Å²) in [5, 5.41) is 0. The summed E-state index contributed by atoms with van der Waals surface area (Å²) >= 11 is 0. The molecule has 0 aliphatic heterocycles. The average Bonchev–Trinajstić information content (AvgIpc) is 3.60. The van der Waals surface area contributed by atoms with E-state index in [4.69, 9.17) is 0 Å². The fourth-order valence-electron chi connectivity index (χ4n) is 8.38. The summed E-state index contributed by atoms with van der Waals surface area (Å²) in [6, 6.07) is 22.7. The summed E-state index contributed by atoms with van der Waals surface area (Å²) in [6.07, 6.45) is 41.9. The van der Waals surface area contributed by atoms with E-state index in [0.717, 1.165) is 13.0 Å². The van der Waals surface area contributed by atoms with E-state index in [2.05, 4.69) is 103 Å². The van der Waals surface area contributed by atoms with Crippen LogP contribution in [0.4, 0.5) is 0 Å². The smallest absolute Gasteiger partial charge is 0.247 e. The van der Waals surface area contributed by atoms with Crippen molar-refractivity contribution in [2.24, 2.45) is 0 Å². The standard InChI is InChI=1S/C48H78N2/c1-4-6-8-10-12-14-16-18-20-22-24-26-34-41-50-42-40-49-47(50)46(39-33-25-23-21-19-17-15-13-11-9-7-5-2)48(3,45-37-31-28-32-38-45)43-44-35-29-27-30-36-44/h27-32,35-38,40,42,46H,4-26,33-34,39,41,43H2,1-3H3/p+1. The van der Waals surface area contributed by atoms with E-state index in [1.807, 2.05) is 0 Å². The van der Waals surface area contributed by atoms with Gasteiger partial charge in [-0.1, -0.05) is 229 Å². The third-order valence-corrected chi connectivity index (χ3v) is 11.6. The van der Waals surface area contributed by atoms with E-state index in [9.17, 15) is 0 Å². The van der Waals surface area contributed by atoms with Crippen LogP contribution >= 0.6 is 0 Å². The quantitative estimate of drug-likeness (QED) is 0.0499. The molecule has 1 aromatic heterocycles. The minimum atomic E-state index is 0.00297. The molecule has 0 spiro atoms. The Labute approximate surface area is 310 Å². The SMILES string of the molecule is CCCCCCCCCCCCCCC[n+]1cc[nH]c1C(CCCCCCCCCCCCCC)C(C)(Cc1ccccc1)c1ccccc1. The Kier molecular flexibility index (Phi) is 23.0. The Balaban J connectivity index is 1.55. The van der Waals surface area contributed by atoms with Gasteiger partial charge >= 0.3 is 0 Å². The van der Waals surface area contributed by atoms with Crippen LogP contribution in [0.15, 0.2) is 73.1 Å². The van der Waals surface area contributed by atoms with Crippen molar-refractivity contribution in [3.63, 3.8) is 0 Å². The number of H-pyrrole nitrogens is 1. The molecule has 2 heteroatoms. The van der Waals surface area contributed by atoms with Gasteiger partial charge in [0.25, 0.3) is 5.82 Å². The first-order chi connectivity index (χ1) is 24.7. The number of hydrogen-bond acceptors (Lipinski definition) is 0. The molecule has 0 bridgehead atoms. The zero-order valence-electron chi connectivity index (χ0n) is 33.3.